The molecule has 0 saturated heterocycles. The first-order chi connectivity index (χ1) is 12.0. The minimum absolute atomic E-state index is 0.0371. The predicted octanol–water partition coefficient (Wildman–Crippen LogP) is 0.834. The predicted molar refractivity (Wildman–Crippen MR) is 84.4 cm³/mol. The molecule has 3 rings (SSSR count). The molecule has 0 aliphatic heterocycles. The molecule has 0 saturated carbocycles. The van der Waals surface area contributed by atoms with Crippen LogP contribution in [0.1, 0.15) is 28.7 Å². The summed E-state index contributed by atoms with van der Waals surface area (Å²) in [6.45, 7) is 3.27. The summed E-state index contributed by atoms with van der Waals surface area (Å²) in [5.74, 6) is -0.925. The summed E-state index contributed by atoms with van der Waals surface area (Å²) in [4.78, 5) is 12.4. The number of rotatable bonds is 4. The molecule has 3 aromatic rings. The maximum atomic E-state index is 13.0. The van der Waals surface area contributed by atoms with Crippen LogP contribution in [-0.2, 0) is 0 Å². The van der Waals surface area contributed by atoms with E-state index in [0.717, 1.165) is 4.68 Å². The van der Waals surface area contributed by atoms with Crippen molar-refractivity contribution in [2.24, 2.45) is 5.10 Å². The third-order valence-corrected chi connectivity index (χ3v) is 3.34. The van der Waals surface area contributed by atoms with Gasteiger partial charge < -0.3 is 5.73 Å². The van der Waals surface area contributed by atoms with E-state index >= 15 is 0 Å². The highest BCUT2D eigenvalue weighted by atomic mass is 19.1. The normalized spacial score (nSPS) is 11.6. The van der Waals surface area contributed by atoms with E-state index in [4.69, 9.17) is 5.73 Å². The lowest BCUT2D eigenvalue weighted by Gasteiger charge is -2.04. The quantitative estimate of drug-likeness (QED) is 0.528. The van der Waals surface area contributed by atoms with E-state index < -0.39 is 5.91 Å². The molecule has 2 heterocycles. The zero-order valence-electron chi connectivity index (χ0n) is 13.3. The summed E-state index contributed by atoms with van der Waals surface area (Å²) in [7, 11) is 0. The van der Waals surface area contributed by atoms with Crippen molar-refractivity contribution in [2.45, 2.75) is 13.8 Å². The number of amides is 1. The Labute approximate surface area is 140 Å². The minimum atomic E-state index is -0.577. The van der Waals surface area contributed by atoms with E-state index in [1.54, 1.807) is 26.0 Å². The second-order valence-corrected chi connectivity index (χ2v) is 5.05. The first-order valence-electron chi connectivity index (χ1n) is 7.08. The number of halogens is 1. The Bertz CT molecular complexity index is 944. The Kier molecular flexibility index (Phi) is 4.20. The molecule has 1 amide bonds. The van der Waals surface area contributed by atoms with E-state index in [0.29, 0.717) is 17.0 Å². The monoisotopic (exact) mass is 344 g/mol. The van der Waals surface area contributed by atoms with Crippen LogP contribution in [0.3, 0.4) is 0 Å². The fourth-order valence-electron chi connectivity index (χ4n) is 2.05. The SMILES string of the molecule is CC(=NNC(=O)c1c(C)nnn1-c1nonc1N)c1ccc(F)cc1. The Hall–Kier alpha value is -3.63. The maximum absolute atomic E-state index is 13.0. The lowest BCUT2D eigenvalue weighted by atomic mass is 10.1. The van der Waals surface area contributed by atoms with Crippen molar-refractivity contribution in [2.75, 3.05) is 5.73 Å². The zero-order chi connectivity index (χ0) is 18.0. The molecule has 0 aliphatic rings. The van der Waals surface area contributed by atoms with Gasteiger partial charge in [-0.15, -0.1) is 5.10 Å². The van der Waals surface area contributed by atoms with Crippen LogP contribution in [0.2, 0.25) is 0 Å². The Morgan fingerprint density at radius 1 is 1.32 bits per heavy atom. The number of nitrogens with two attached hydrogens (primary N) is 1. The first-order valence-corrected chi connectivity index (χ1v) is 7.08. The van der Waals surface area contributed by atoms with E-state index in [1.807, 2.05) is 0 Å². The fourth-order valence-corrected chi connectivity index (χ4v) is 2.05. The Morgan fingerprint density at radius 2 is 2.04 bits per heavy atom. The number of nitrogens with one attached hydrogen (secondary N) is 1. The molecule has 0 spiro atoms. The molecule has 2 aromatic heterocycles. The van der Waals surface area contributed by atoms with Crippen LogP contribution in [0.5, 0.6) is 0 Å². The average Bonchev–Trinajstić information content (AvgIpc) is 3.18. The van der Waals surface area contributed by atoms with E-state index in [2.05, 4.69) is 35.8 Å². The van der Waals surface area contributed by atoms with Gasteiger partial charge in [0, 0.05) is 0 Å². The second-order valence-electron chi connectivity index (χ2n) is 5.05. The number of aryl methyl sites for hydroxylation is 1. The van der Waals surface area contributed by atoms with Crippen molar-refractivity contribution in [3.05, 3.63) is 47.0 Å². The maximum Gasteiger partial charge on any atom is 0.292 e. The van der Waals surface area contributed by atoms with Gasteiger partial charge in [-0.3, -0.25) is 4.79 Å². The molecule has 25 heavy (non-hydrogen) atoms. The smallest absolute Gasteiger partial charge is 0.292 e. The van der Waals surface area contributed by atoms with Crippen molar-refractivity contribution < 1.29 is 13.8 Å². The standard InChI is InChI=1S/C14H13FN8O2/c1-7(9-3-5-10(15)6-4-9)17-19-14(24)11-8(2)18-22-23(11)13-12(16)20-25-21-13/h3-6H,1-2H3,(H2,16,20)(H,19,24). The van der Waals surface area contributed by atoms with Crippen LogP contribution >= 0.6 is 0 Å². The highest BCUT2D eigenvalue weighted by Crippen LogP contribution is 2.15. The first kappa shape index (κ1) is 16.2. The molecular formula is C14H13FN8O2. The number of anilines is 1. The van der Waals surface area contributed by atoms with Crippen molar-refractivity contribution in [3.63, 3.8) is 0 Å². The van der Waals surface area contributed by atoms with Gasteiger partial charge in [-0.1, -0.05) is 17.3 Å². The van der Waals surface area contributed by atoms with Crippen LogP contribution in [0.4, 0.5) is 10.2 Å². The highest BCUT2D eigenvalue weighted by molar-refractivity contribution is 6.00. The average molecular weight is 344 g/mol. The molecule has 128 valence electrons. The topological polar surface area (TPSA) is 137 Å². The molecule has 11 heteroatoms. The van der Waals surface area contributed by atoms with Crippen molar-refractivity contribution in [3.8, 4) is 5.82 Å². The fraction of sp³-hybridized carbons (Fsp3) is 0.143. The third-order valence-electron chi connectivity index (χ3n) is 3.34. The number of carbonyl (C=O) groups excluding carboxylic acids is 1. The number of benzene rings is 1. The summed E-state index contributed by atoms with van der Waals surface area (Å²) >= 11 is 0. The summed E-state index contributed by atoms with van der Waals surface area (Å²) in [5, 5.41) is 18.7. The van der Waals surface area contributed by atoms with E-state index in [-0.39, 0.29) is 23.1 Å². The number of carbonyl (C=O) groups is 1. The van der Waals surface area contributed by atoms with Crippen LogP contribution in [0, 0.1) is 12.7 Å². The number of hydrogen-bond donors (Lipinski definition) is 2. The lowest BCUT2D eigenvalue weighted by molar-refractivity contribution is 0.0946. The lowest BCUT2D eigenvalue weighted by Crippen LogP contribution is -2.24. The van der Waals surface area contributed by atoms with Crippen molar-refractivity contribution >= 4 is 17.4 Å². The van der Waals surface area contributed by atoms with Gasteiger partial charge in [0.1, 0.15) is 5.82 Å². The molecular weight excluding hydrogens is 331 g/mol. The molecule has 0 bridgehead atoms. The van der Waals surface area contributed by atoms with Crippen LogP contribution in [-0.4, -0.2) is 36.9 Å². The van der Waals surface area contributed by atoms with Gasteiger partial charge in [0.25, 0.3) is 5.91 Å². The van der Waals surface area contributed by atoms with Gasteiger partial charge >= 0.3 is 0 Å². The summed E-state index contributed by atoms with van der Waals surface area (Å²) < 4.78 is 18.6. The number of nitrogens with zero attached hydrogens (tertiary/aromatic N) is 6. The molecule has 0 unspecified atom stereocenters. The van der Waals surface area contributed by atoms with Gasteiger partial charge in [0.05, 0.1) is 11.4 Å². The second kappa shape index (κ2) is 6.47. The molecule has 0 aliphatic carbocycles. The molecule has 1 aromatic carbocycles. The Balaban J connectivity index is 1.85. The highest BCUT2D eigenvalue weighted by Gasteiger charge is 2.22. The number of aromatic nitrogens is 5. The molecule has 0 radical (unpaired) electrons. The van der Waals surface area contributed by atoms with Crippen LogP contribution in [0.25, 0.3) is 5.82 Å². The third kappa shape index (κ3) is 3.20. The van der Waals surface area contributed by atoms with Gasteiger partial charge in [0.2, 0.25) is 11.6 Å². The molecule has 10 nitrogen and oxygen atoms in total. The van der Waals surface area contributed by atoms with E-state index in [9.17, 15) is 9.18 Å². The van der Waals surface area contributed by atoms with Crippen LogP contribution < -0.4 is 11.2 Å². The minimum Gasteiger partial charge on any atom is -0.378 e. The summed E-state index contributed by atoms with van der Waals surface area (Å²) in [6.07, 6.45) is 0. The van der Waals surface area contributed by atoms with Gasteiger partial charge in [-0.05, 0) is 41.9 Å². The number of nitrogen functional groups attached to an aromatic ring is 1. The van der Waals surface area contributed by atoms with Gasteiger partial charge in [-0.2, -0.15) is 9.78 Å². The molecule has 0 atom stereocenters. The van der Waals surface area contributed by atoms with Crippen molar-refractivity contribution in [1.29, 1.82) is 0 Å². The number of hydrogen-bond acceptors (Lipinski definition) is 8. The summed E-state index contributed by atoms with van der Waals surface area (Å²) in [6, 6.07) is 5.72. The van der Waals surface area contributed by atoms with Gasteiger partial charge in [-0.25, -0.2) is 14.4 Å². The summed E-state index contributed by atoms with van der Waals surface area (Å²) in [5.41, 5.74) is 9.59. The Morgan fingerprint density at radius 3 is 2.68 bits per heavy atom. The van der Waals surface area contributed by atoms with E-state index in [1.165, 1.54) is 12.1 Å². The number of hydrazone groups is 1. The van der Waals surface area contributed by atoms with Crippen molar-refractivity contribution in [1.82, 2.24) is 30.7 Å². The van der Waals surface area contributed by atoms with Crippen LogP contribution in [0.15, 0.2) is 34.0 Å². The largest absolute Gasteiger partial charge is 0.378 e. The molecule has 0 fully saturated rings. The zero-order valence-corrected chi connectivity index (χ0v) is 13.3. The van der Waals surface area contributed by atoms with Gasteiger partial charge in [0.15, 0.2) is 5.69 Å². The molecule has 3 N–H and O–H groups in total.